The molecule has 1 aliphatic heterocycles. The van der Waals surface area contributed by atoms with Gasteiger partial charge in [-0.1, -0.05) is 53.5 Å². The summed E-state index contributed by atoms with van der Waals surface area (Å²) in [6, 6.07) is 13.6. The van der Waals surface area contributed by atoms with Crippen molar-refractivity contribution >= 4 is 17.3 Å². The molecule has 0 saturated carbocycles. The summed E-state index contributed by atoms with van der Waals surface area (Å²) < 4.78 is 5.73. The molecule has 1 unspecified atom stereocenters. The van der Waals surface area contributed by atoms with Crippen molar-refractivity contribution in [2.75, 3.05) is 6.54 Å². The Kier molecular flexibility index (Phi) is 5.54. The molecule has 150 valence electrons. The van der Waals surface area contributed by atoms with E-state index in [9.17, 15) is 5.11 Å². The Hall–Kier alpha value is -2.47. The van der Waals surface area contributed by atoms with Crippen LogP contribution in [0.3, 0.4) is 0 Å². The summed E-state index contributed by atoms with van der Waals surface area (Å²) >= 11 is 6.11. The fourth-order valence-electron chi connectivity index (χ4n) is 3.83. The van der Waals surface area contributed by atoms with Crippen molar-refractivity contribution in [1.29, 1.82) is 0 Å². The fraction of sp³-hybridized carbons (Fsp3) is 0.304. The van der Waals surface area contributed by atoms with Crippen molar-refractivity contribution in [1.82, 2.24) is 10.5 Å². The standard InChI is InChI=1S/C23H24ClN3O2/c1-4-25-20(28)12-19-23-21(14(3)27-29-23)17-10-5-13(2)11-18(17)22(26-19)15-6-8-16(24)9-7-15/h5-11,19-20,25,28H,4,12H2,1-3H3/t19-,20?/m0/s1. The first-order valence-corrected chi connectivity index (χ1v) is 10.2. The number of halogens is 1. The lowest BCUT2D eigenvalue weighted by Gasteiger charge is -2.16. The van der Waals surface area contributed by atoms with E-state index >= 15 is 0 Å². The highest BCUT2D eigenvalue weighted by Gasteiger charge is 2.31. The van der Waals surface area contributed by atoms with Crippen LogP contribution in [0.25, 0.3) is 11.1 Å². The van der Waals surface area contributed by atoms with Crippen LogP contribution in [0.15, 0.2) is 52.0 Å². The molecule has 29 heavy (non-hydrogen) atoms. The average molecular weight is 410 g/mol. The quantitative estimate of drug-likeness (QED) is 0.592. The van der Waals surface area contributed by atoms with Gasteiger partial charge in [-0.05, 0) is 44.2 Å². The molecule has 0 fully saturated rings. The number of benzene rings is 2. The maximum atomic E-state index is 10.4. The largest absolute Gasteiger partial charge is 0.379 e. The molecule has 0 amide bonds. The molecule has 0 spiro atoms. The van der Waals surface area contributed by atoms with E-state index in [1.165, 1.54) is 0 Å². The predicted octanol–water partition coefficient (Wildman–Crippen LogP) is 4.82. The zero-order valence-corrected chi connectivity index (χ0v) is 17.5. The minimum atomic E-state index is -0.693. The molecule has 4 rings (SSSR count). The van der Waals surface area contributed by atoms with Crippen LogP contribution >= 0.6 is 11.6 Å². The Balaban J connectivity index is 1.94. The molecular formula is C23H24ClN3O2. The van der Waals surface area contributed by atoms with Gasteiger partial charge in [0, 0.05) is 22.6 Å². The second-order valence-corrected chi connectivity index (χ2v) is 7.80. The average Bonchev–Trinajstić information content (AvgIpc) is 3.01. The van der Waals surface area contributed by atoms with Gasteiger partial charge in [-0.2, -0.15) is 0 Å². The Morgan fingerprint density at radius 1 is 1.14 bits per heavy atom. The van der Waals surface area contributed by atoms with Gasteiger partial charge in [-0.3, -0.25) is 10.3 Å². The van der Waals surface area contributed by atoms with E-state index in [0.717, 1.165) is 39.2 Å². The SMILES string of the molecule is CCNC(O)C[C@@H]1N=C(c2ccc(Cl)cc2)c2cc(C)ccc2-c2c(C)noc21. The summed E-state index contributed by atoms with van der Waals surface area (Å²) in [6.45, 7) is 6.64. The number of hydrogen-bond acceptors (Lipinski definition) is 5. The first-order chi connectivity index (χ1) is 14.0. The van der Waals surface area contributed by atoms with Crippen molar-refractivity contribution in [3.8, 4) is 11.1 Å². The van der Waals surface area contributed by atoms with Crippen molar-refractivity contribution in [2.24, 2.45) is 4.99 Å². The third-order valence-electron chi connectivity index (χ3n) is 5.18. The zero-order valence-electron chi connectivity index (χ0n) is 16.7. The van der Waals surface area contributed by atoms with E-state index in [0.29, 0.717) is 23.7 Å². The van der Waals surface area contributed by atoms with Crippen LogP contribution in [0.1, 0.15) is 47.5 Å². The summed E-state index contributed by atoms with van der Waals surface area (Å²) in [5.41, 5.74) is 6.83. The number of aliphatic hydroxyl groups excluding tert-OH is 1. The summed E-state index contributed by atoms with van der Waals surface area (Å²) in [4.78, 5) is 5.07. The third kappa shape index (κ3) is 3.86. The van der Waals surface area contributed by atoms with Crippen molar-refractivity contribution < 1.29 is 9.63 Å². The van der Waals surface area contributed by atoms with Gasteiger partial charge in [0.15, 0.2) is 5.76 Å². The van der Waals surface area contributed by atoms with Crippen LogP contribution in [-0.4, -0.2) is 28.7 Å². The molecule has 5 nitrogen and oxygen atoms in total. The predicted molar refractivity (Wildman–Crippen MR) is 116 cm³/mol. The lowest BCUT2D eigenvalue weighted by molar-refractivity contribution is 0.118. The zero-order chi connectivity index (χ0) is 20.5. The Morgan fingerprint density at radius 2 is 1.90 bits per heavy atom. The summed E-state index contributed by atoms with van der Waals surface area (Å²) in [7, 11) is 0. The molecule has 6 heteroatoms. The highest BCUT2D eigenvalue weighted by molar-refractivity contribution is 6.30. The number of nitrogens with zero attached hydrogens (tertiary/aromatic N) is 2. The third-order valence-corrected chi connectivity index (χ3v) is 5.43. The number of rotatable bonds is 5. The lowest BCUT2D eigenvalue weighted by Crippen LogP contribution is -2.30. The molecule has 1 aromatic heterocycles. The molecule has 2 N–H and O–H groups in total. The molecule has 2 heterocycles. The molecular weight excluding hydrogens is 386 g/mol. The van der Waals surface area contributed by atoms with E-state index in [1.54, 1.807) is 0 Å². The smallest absolute Gasteiger partial charge is 0.169 e. The van der Waals surface area contributed by atoms with Crippen LogP contribution < -0.4 is 5.32 Å². The Morgan fingerprint density at radius 3 is 2.62 bits per heavy atom. The van der Waals surface area contributed by atoms with Gasteiger partial charge >= 0.3 is 0 Å². The Bertz CT molecular complexity index is 1060. The minimum Gasteiger partial charge on any atom is -0.379 e. The molecule has 1 aliphatic rings. The molecule has 2 atom stereocenters. The molecule has 2 aromatic carbocycles. The highest BCUT2D eigenvalue weighted by atomic mass is 35.5. The van der Waals surface area contributed by atoms with E-state index in [1.807, 2.05) is 38.1 Å². The van der Waals surface area contributed by atoms with E-state index in [2.05, 4.69) is 35.6 Å². The van der Waals surface area contributed by atoms with Gasteiger partial charge < -0.3 is 9.63 Å². The maximum Gasteiger partial charge on any atom is 0.169 e. The van der Waals surface area contributed by atoms with Crippen molar-refractivity contribution in [3.63, 3.8) is 0 Å². The molecule has 0 radical (unpaired) electrons. The van der Waals surface area contributed by atoms with Gasteiger partial charge in [-0.25, -0.2) is 0 Å². The second-order valence-electron chi connectivity index (χ2n) is 7.37. The molecule has 0 saturated heterocycles. The van der Waals surface area contributed by atoms with Gasteiger partial charge in [-0.15, -0.1) is 0 Å². The normalized spacial score (nSPS) is 16.6. The lowest BCUT2D eigenvalue weighted by atomic mass is 9.91. The maximum absolute atomic E-state index is 10.4. The number of aryl methyl sites for hydroxylation is 2. The van der Waals surface area contributed by atoms with E-state index in [4.69, 9.17) is 21.1 Å². The van der Waals surface area contributed by atoms with Gasteiger partial charge in [0.05, 0.1) is 17.0 Å². The molecule has 0 aliphatic carbocycles. The second kappa shape index (κ2) is 8.11. The summed E-state index contributed by atoms with van der Waals surface area (Å²) in [5, 5.41) is 18.4. The minimum absolute atomic E-state index is 0.362. The van der Waals surface area contributed by atoms with Crippen LogP contribution in [0.4, 0.5) is 0 Å². The van der Waals surface area contributed by atoms with Gasteiger partial charge in [0.2, 0.25) is 0 Å². The van der Waals surface area contributed by atoms with Crippen LogP contribution in [0, 0.1) is 13.8 Å². The number of aliphatic hydroxyl groups is 1. The monoisotopic (exact) mass is 409 g/mol. The molecule has 3 aromatic rings. The van der Waals surface area contributed by atoms with Gasteiger partial charge in [0.1, 0.15) is 12.3 Å². The highest BCUT2D eigenvalue weighted by Crippen LogP contribution is 2.41. The summed E-state index contributed by atoms with van der Waals surface area (Å²) in [5.74, 6) is 0.688. The number of aromatic nitrogens is 1. The van der Waals surface area contributed by atoms with Crippen LogP contribution in [0.2, 0.25) is 5.02 Å². The van der Waals surface area contributed by atoms with E-state index < -0.39 is 6.23 Å². The Labute approximate surface area is 175 Å². The van der Waals surface area contributed by atoms with Crippen molar-refractivity contribution in [2.45, 2.75) is 39.5 Å². The topological polar surface area (TPSA) is 70.7 Å². The van der Waals surface area contributed by atoms with Crippen LogP contribution in [0.5, 0.6) is 0 Å². The molecule has 0 bridgehead atoms. The fourth-order valence-corrected chi connectivity index (χ4v) is 3.95. The first kappa shape index (κ1) is 19.8. The first-order valence-electron chi connectivity index (χ1n) is 9.80. The number of hydrogen-bond donors (Lipinski definition) is 2. The number of nitrogens with one attached hydrogen (secondary N) is 1. The van der Waals surface area contributed by atoms with Gasteiger partial charge in [0.25, 0.3) is 0 Å². The van der Waals surface area contributed by atoms with Crippen LogP contribution in [-0.2, 0) is 0 Å². The number of fused-ring (bicyclic) bond motifs is 3. The van der Waals surface area contributed by atoms with Crippen molar-refractivity contribution in [3.05, 3.63) is 75.6 Å². The number of aliphatic imine (C=N–C) groups is 1. The van der Waals surface area contributed by atoms with E-state index in [-0.39, 0.29) is 6.04 Å². The summed E-state index contributed by atoms with van der Waals surface area (Å²) in [6.07, 6.45) is -0.305.